The number of nitrogens with zero attached hydrogens (tertiary/aromatic N) is 4. The molecule has 0 spiro atoms. The van der Waals surface area contributed by atoms with Gasteiger partial charge in [0, 0.05) is 0 Å². The Morgan fingerprint density at radius 2 is 1.94 bits per heavy atom. The van der Waals surface area contributed by atoms with Crippen LogP contribution in [0.25, 0.3) is 21.7 Å². The molecule has 6 nitrogen and oxygen atoms in total. The number of aryl methyl sites for hydroxylation is 1. The molecule has 4 aromatic rings. The summed E-state index contributed by atoms with van der Waals surface area (Å²) in [7, 11) is 0. The summed E-state index contributed by atoms with van der Waals surface area (Å²) in [5, 5.41) is 9.56. The van der Waals surface area contributed by atoms with E-state index in [4.69, 9.17) is 27.2 Å². The molecule has 0 N–H and O–H groups in total. The molecule has 0 saturated carbocycles. The monoisotopic (exact) mass is 466 g/mol. The van der Waals surface area contributed by atoms with E-state index in [-0.39, 0.29) is 11.3 Å². The van der Waals surface area contributed by atoms with E-state index in [9.17, 15) is 4.79 Å². The fourth-order valence-corrected chi connectivity index (χ4v) is 5.14. The third-order valence-corrected chi connectivity index (χ3v) is 6.70. The van der Waals surface area contributed by atoms with Gasteiger partial charge in [0.1, 0.15) is 10.4 Å². The molecule has 0 fully saturated rings. The van der Waals surface area contributed by atoms with Gasteiger partial charge >= 0.3 is 0 Å². The van der Waals surface area contributed by atoms with E-state index < -0.39 is 0 Å². The van der Waals surface area contributed by atoms with Crippen LogP contribution in [0.5, 0.6) is 5.75 Å². The first kappa shape index (κ1) is 21.3. The Bertz CT molecular complexity index is 1410. The summed E-state index contributed by atoms with van der Waals surface area (Å²) in [6, 6.07) is 17.3. The minimum Gasteiger partial charge on any atom is -0.492 e. The van der Waals surface area contributed by atoms with Crippen LogP contribution in [-0.2, 0) is 0 Å². The van der Waals surface area contributed by atoms with E-state index in [0.717, 1.165) is 11.3 Å². The highest BCUT2D eigenvalue weighted by Gasteiger charge is 2.20. The normalized spacial score (nSPS) is 10.9. The second-order valence-electron chi connectivity index (χ2n) is 6.57. The highest BCUT2D eigenvalue weighted by Crippen LogP contribution is 2.31. The smallest absolute Gasteiger partial charge is 0.278 e. The zero-order valence-electron chi connectivity index (χ0n) is 16.9. The quantitative estimate of drug-likeness (QED) is 0.218. The topological polar surface area (TPSA) is 72.8 Å². The van der Waals surface area contributed by atoms with Crippen molar-refractivity contribution >= 4 is 45.7 Å². The summed E-state index contributed by atoms with van der Waals surface area (Å²) in [6.07, 6.45) is 0. The van der Waals surface area contributed by atoms with Crippen LogP contribution in [-0.4, -0.2) is 26.5 Å². The van der Waals surface area contributed by atoms with E-state index in [1.165, 1.54) is 23.1 Å². The third kappa shape index (κ3) is 4.02. The highest BCUT2D eigenvalue weighted by atomic mass is 32.2. The van der Waals surface area contributed by atoms with E-state index in [1.54, 1.807) is 9.13 Å². The molecular weight excluding hydrogens is 448 g/mol. The van der Waals surface area contributed by atoms with Crippen molar-refractivity contribution in [3.63, 3.8) is 0 Å². The minimum absolute atomic E-state index is 0.171. The van der Waals surface area contributed by atoms with Gasteiger partial charge in [0.05, 0.1) is 29.8 Å². The van der Waals surface area contributed by atoms with Crippen molar-refractivity contribution in [2.75, 3.05) is 12.4 Å². The van der Waals surface area contributed by atoms with Crippen molar-refractivity contribution in [3.05, 3.63) is 68.4 Å². The molecular formula is C22H18N4O2S3. The zero-order chi connectivity index (χ0) is 22.0. The van der Waals surface area contributed by atoms with Crippen LogP contribution in [0.3, 0.4) is 0 Å². The number of para-hydroxylation sites is 2. The average Bonchev–Trinajstić information content (AvgIpc) is 3.10. The predicted octanol–water partition coefficient (Wildman–Crippen LogP) is 5.29. The van der Waals surface area contributed by atoms with Gasteiger partial charge in [0.25, 0.3) is 5.56 Å². The molecule has 0 amide bonds. The number of hydrogen-bond acceptors (Lipinski definition) is 7. The van der Waals surface area contributed by atoms with Crippen molar-refractivity contribution in [3.8, 4) is 23.2 Å². The van der Waals surface area contributed by atoms with E-state index in [2.05, 4.69) is 6.07 Å². The highest BCUT2D eigenvalue weighted by molar-refractivity contribution is 7.99. The average molecular weight is 467 g/mol. The maximum absolute atomic E-state index is 13.6. The van der Waals surface area contributed by atoms with Crippen LogP contribution in [0.2, 0.25) is 0 Å². The summed E-state index contributed by atoms with van der Waals surface area (Å²) in [6.45, 7) is 4.40. The van der Waals surface area contributed by atoms with E-state index >= 15 is 0 Å². The molecule has 0 bridgehead atoms. The lowest BCUT2D eigenvalue weighted by atomic mass is 10.2. The van der Waals surface area contributed by atoms with Gasteiger partial charge in [-0.05, 0) is 50.3 Å². The molecule has 2 aromatic heterocycles. The predicted molar refractivity (Wildman–Crippen MR) is 128 cm³/mol. The van der Waals surface area contributed by atoms with E-state index in [1.807, 2.05) is 62.4 Å². The Hall–Kier alpha value is -2.93. The summed E-state index contributed by atoms with van der Waals surface area (Å²) in [5.74, 6) is 0.834. The lowest BCUT2D eigenvalue weighted by molar-refractivity contribution is 0.339. The number of thioether (sulfide) groups is 1. The molecule has 156 valence electrons. The molecule has 2 heterocycles. The van der Waals surface area contributed by atoms with Crippen molar-refractivity contribution < 1.29 is 4.74 Å². The lowest BCUT2D eigenvalue weighted by Gasteiger charge is -2.14. The zero-order valence-corrected chi connectivity index (χ0v) is 19.3. The van der Waals surface area contributed by atoms with E-state index in [0.29, 0.717) is 37.5 Å². The fourth-order valence-electron chi connectivity index (χ4n) is 3.18. The number of benzene rings is 2. The van der Waals surface area contributed by atoms with Gasteiger partial charge in [0.15, 0.2) is 14.8 Å². The van der Waals surface area contributed by atoms with Crippen molar-refractivity contribution in [1.82, 2.24) is 14.1 Å². The number of fused-ring (bicyclic) bond motifs is 1. The first-order valence-electron chi connectivity index (χ1n) is 9.52. The molecule has 9 heteroatoms. The first-order chi connectivity index (χ1) is 15.0. The van der Waals surface area contributed by atoms with Gasteiger partial charge in [-0.2, -0.15) is 5.26 Å². The van der Waals surface area contributed by atoms with Gasteiger partial charge < -0.3 is 4.74 Å². The van der Waals surface area contributed by atoms with Crippen LogP contribution < -0.4 is 10.3 Å². The Morgan fingerprint density at radius 1 is 1.19 bits per heavy atom. The van der Waals surface area contributed by atoms with Crippen molar-refractivity contribution in [2.24, 2.45) is 0 Å². The number of hydrogen-bond donors (Lipinski definition) is 0. The molecule has 31 heavy (non-hydrogen) atoms. The Balaban J connectivity index is 2.03. The molecule has 2 aromatic carbocycles. The maximum atomic E-state index is 13.6. The van der Waals surface area contributed by atoms with Crippen molar-refractivity contribution in [1.29, 1.82) is 5.26 Å². The Labute approximate surface area is 192 Å². The molecule has 4 rings (SSSR count). The summed E-state index contributed by atoms with van der Waals surface area (Å²) in [5.41, 5.74) is 2.78. The van der Waals surface area contributed by atoms with Crippen LogP contribution in [0, 0.1) is 22.2 Å². The van der Waals surface area contributed by atoms with Gasteiger partial charge in [-0.25, -0.2) is 4.98 Å². The number of thiazole rings is 1. The summed E-state index contributed by atoms with van der Waals surface area (Å²) < 4.78 is 10.1. The molecule has 0 atom stereocenters. The first-order valence-corrected chi connectivity index (χ1v) is 11.7. The molecule has 0 saturated heterocycles. The standard InChI is InChI=1S/C22H18N4O2S3/c1-3-28-17-7-5-4-6-16(17)26-19-18(31-22(26)29)20(27)25(21(24-19)30-13-12-23)15-10-8-14(2)9-11-15/h4-11H,3,13H2,1-2H3. The fraction of sp³-hybridized carbons (Fsp3) is 0.182. The molecule has 0 radical (unpaired) electrons. The Morgan fingerprint density at radius 3 is 2.65 bits per heavy atom. The van der Waals surface area contributed by atoms with Crippen molar-refractivity contribution in [2.45, 2.75) is 19.0 Å². The second-order valence-corrected chi connectivity index (χ2v) is 9.16. The Kier molecular flexibility index (Phi) is 6.23. The maximum Gasteiger partial charge on any atom is 0.278 e. The summed E-state index contributed by atoms with van der Waals surface area (Å²) in [4.78, 5) is 18.3. The molecule has 0 unspecified atom stereocenters. The molecule has 0 aliphatic rings. The van der Waals surface area contributed by atoms with Crippen LogP contribution in [0.1, 0.15) is 12.5 Å². The largest absolute Gasteiger partial charge is 0.492 e. The number of aromatic nitrogens is 3. The molecule has 0 aliphatic carbocycles. The van der Waals surface area contributed by atoms with Gasteiger partial charge in [0.2, 0.25) is 0 Å². The van der Waals surface area contributed by atoms with Crippen LogP contribution in [0.15, 0.2) is 58.5 Å². The summed E-state index contributed by atoms with van der Waals surface area (Å²) >= 11 is 8.07. The van der Waals surface area contributed by atoms with Gasteiger partial charge in [-0.15, -0.1) is 0 Å². The third-order valence-electron chi connectivity index (χ3n) is 4.54. The number of ether oxygens (including phenoxy) is 1. The number of rotatable bonds is 6. The lowest BCUT2D eigenvalue weighted by Crippen LogP contribution is -2.21. The minimum atomic E-state index is -0.210. The molecule has 0 aliphatic heterocycles. The SMILES string of the molecule is CCOc1ccccc1-n1c(=S)sc2c(=O)n(-c3ccc(C)cc3)c(SCC#N)nc21. The number of nitriles is 1. The van der Waals surface area contributed by atoms with Crippen LogP contribution in [0.4, 0.5) is 0 Å². The second kappa shape index (κ2) is 9.06. The van der Waals surface area contributed by atoms with Gasteiger partial charge in [-0.1, -0.05) is 52.9 Å². The van der Waals surface area contributed by atoms with Crippen LogP contribution >= 0.6 is 35.3 Å². The van der Waals surface area contributed by atoms with Gasteiger partial charge in [-0.3, -0.25) is 13.9 Å².